The molecule has 0 aromatic rings. The Morgan fingerprint density at radius 1 is 1.33 bits per heavy atom. The second-order valence-corrected chi connectivity index (χ2v) is 4.70. The Hall–Kier alpha value is -1.30. The number of nitrogens with two attached hydrogens (primary N) is 1. The Balaban J connectivity index is 2.50. The molecule has 18 heavy (non-hydrogen) atoms. The van der Waals surface area contributed by atoms with Gasteiger partial charge in [0.15, 0.2) is 0 Å². The van der Waals surface area contributed by atoms with Gasteiger partial charge in [0.25, 0.3) is 0 Å². The number of amides is 2. The number of nitrogens with one attached hydrogen (secondary N) is 1. The molecule has 2 amide bonds. The van der Waals surface area contributed by atoms with E-state index >= 15 is 0 Å². The van der Waals surface area contributed by atoms with Crippen molar-refractivity contribution in [3.05, 3.63) is 0 Å². The van der Waals surface area contributed by atoms with Crippen LogP contribution in [0.5, 0.6) is 0 Å². The van der Waals surface area contributed by atoms with Crippen LogP contribution >= 0.6 is 0 Å². The van der Waals surface area contributed by atoms with Gasteiger partial charge in [0, 0.05) is 39.8 Å². The molecule has 0 aromatic carbocycles. The Morgan fingerprint density at radius 3 is 2.28 bits per heavy atom. The number of hydrogen-bond donors (Lipinski definition) is 2. The second kappa shape index (κ2) is 6.58. The van der Waals surface area contributed by atoms with Crippen LogP contribution in [-0.4, -0.2) is 72.4 Å². The van der Waals surface area contributed by atoms with Gasteiger partial charge in [0.2, 0.25) is 0 Å². The zero-order valence-electron chi connectivity index (χ0n) is 11.6. The van der Waals surface area contributed by atoms with E-state index in [1.165, 1.54) is 0 Å². The molecule has 1 atom stereocenters. The maximum atomic E-state index is 12.0. The van der Waals surface area contributed by atoms with Gasteiger partial charge in [-0.2, -0.15) is 0 Å². The summed E-state index contributed by atoms with van der Waals surface area (Å²) in [6.07, 6.45) is 0.845. The first-order chi connectivity index (χ1) is 8.51. The summed E-state index contributed by atoms with van der Waals surface area (Å²) < 4.78 is 0. The summed E-state index contributed by atoms with van der Waals surface area (Å²) in [5, 5.41) is 7.57. The van der Waals surface area contributed by atoms with Gasteiger partial charge in [0.05, 0.1) is 6.04 Å². The lowest BCUT2D eigenvalue weighted by Crippen LogP contribution is -2.56. The van der Waals surface area contributed by atoms with Gasteiger partial charge in [0.1, 0.15) is 5.84 Å². The number of carbonyl (C=O) groups is 1. The highest BCUT2D eigenvalue weighted by Crippen LogP contribution is 2.10. The van der Waals surface area contributed by atoms with Crippen molar-refractivity contribution in [1.29, 1.82) is 5.41 Å². The predicted octanol–water partition coefficient (Wildman–Crippen LogP) is 0.390. The molecule has 1 unspecified atom stereocenters. The van der Waals surface area contributed by atoms with Crippen LogP contribution in [0.4, 0.5) is 4.79 Å². The predicted molar refractivity (Wildman–Crippen MR) is 72.8 cm³/mol. The third kappa shape index (κ3) is 3.35. The van der Waals surface area contributed by atoms with Gasteiger partial charge in [-0.15, -0.1) is 0 Å². The second-order valence-electron chi connectivity index (χ2n) is 4.70. The van der Waals surface area contributed by atoms with Crippen molar-refractivity contribution in [3.63, 3.8) is 0 Å². The van der Waals surface area contributed by atoms with Gasteiger partial charge in [-0.1, -0.05) is 6.92 Å². The average Bonchev–Trinajstić information content (AvgIpc) is 2.38. The Morgan fingerprint density at radius 2 is 1.89 bits per heavy atom. The van der Waals surface area contributed by atoms with Gasteiger partial charge >= 0.3 is 6.03 Å². The van der Waals surface area contributed by atoms with Gasteiger partial charge in [-0.05, 0) is 13.3 Å². The van der Waals surface area contributed by atoms with Gasteiger partial charge in [-0.3, -0.25) is 10.3 Å². The van der Waals surface area contributed by atoms with Crippen molar-refractivity contribution in [2.45, 2.75) is 26.3 Å². The fourth-order valence-electron chi connectivity index (χ4n) is 2.28. The van der Waals surface area contributed by atoms with Crippen molar-refractivity contribution in [1.82, 2.24) is 14.7 Å². The number of piperazine rings is 1. The molecule has 0 aromatic heterocycles. The molecule has 0 bridgehead atoms. The standard InChI is InChI=1S/C12H25N5O/c1-4-10(11(13)14)16-6-8-17(9-7-16)12(18)15(3)5-2/h10H,4-9H2,1-3H3,(H3,13,14). The topological polar surface area (TPSA) is 76.7 Å². The minimum Gasteiger partial charge on any atom is -0.386 e. The first kappa shape index (κ1) is 14.8. The number of urea groups is 1. The molecular weight excluding hydrogens is 230 g/mol. The molecule has 6 heteroatoms. The summed E-state index contributed by atoms with van der Waals surface area (Å²) >= 11 is 0. The molecular formula is C12H25N5O. The lowest BCUT2D eigenvalue weighted by Gasteiger charge is -2.39. The van der Waals surface area contributed by atoms with Crippen LogP contribution < -0.4 is 5.73 Å². The molecule has 1 heterocycles. The van der Waals surface area contributed by atoms with Crippen LogP contribution in [0.2, 0.25) is 0 Å². The summed E-state index contributed by atoms with van der Waals surface area (Å²) in [7, 11) is 1.82. The molecule has 1 saturated heterocycles. The van der Waals surface area contributed by atoms with Crippen molar-refractivity contribution < 1.29 is 4.79 Å². The Kier molecular flexibility index (Phi) is 5.40. The van der Waals surface area contributed by atoms with Gasteiger partial charge in [-0.25, -0.2) is 4.79 Å². The summed E-state index contributed by atoms with van der Waals surface area (Å²) in [6, 6.07) is 0.110. The van der Waals surface area contributed by atoms with Crippen LogP contribution in [0.15, 0.2) is 0 Å². The highest BCUT2D eigenvalue weighted by Gasteiger charge is 2.27. The zero-order valence-corrected chi connectivity index (χ0v) is 11.6. The molecule has 3 N–H and O–H groups in total. The molecule has 0 radical (unpaired) electrons. The van der Waals surface area contributed by atoms with Crippen LogP contribution in [0, 0.1) is 5.41 Å². The third-order valence-corrected chi connectivity index (χ3v) is 3.57. The van der Waals surface area contributed by atoms with Crippen molar-refractivity contribution in [2.75, 3.05) is 39.8 Å². The molecule has 1 aliphatic heterocycles. The smallest absolute Gasteiger partial charge is 0.319 e. The van der Waals surface area contributed by atoms with Crippen molar-refractivity contribution in [3.8, 4) is 0 Å². The van der Waals surface area contributed by atoms with Crippen LogP contribution in [0.3, 0.4) is 0 Å². The van der Waals surface area contributed by atoms with E-state index in [1.807, 2.05) is 25.8 Å². The number of carbonyl (C=O) groups excluding carboxylic acids is 1. The molecule has 1 fully saturated rings. The largest absolute Gasteiger partial charge is 0.386 e. The molecule has 0 spiro atoms. The first-order valence-electron chi connectivity index (χ1n) is 6.59. The maximum absolute atomic E-state index is 12.0. The van der Waals surface area contributed by atoms with E-state index in [1.54, 1.807) is 4.90 Å². The van der Waals surface area contributed by atoms with Crippen molar-refractivity contribution in [2.24, 2.45) is 5.73 Å². The summed E-state index contributed by atoms with van der Waals surface area (Å²) in [4.78, 5) is 17.8. The molecule has 1 aliphatic rings. The Labute approximate surface area is 109 Å². The van der Waals surface area contributed by atoms with E-state index < -0.39 is 0 Å². The first-order valence-corrected chi connectivity index (χ1v) is 6.59. The maximum Gasteiger partial charge on any atom is 0.319 e. The van der Waals surface area contributed by atoms with Crippen molar-refractivity contribution >= 4 is 11.9 Å². The van der Waals surface area contributed by atoms with Crippen LogP contribution in [-0.2, 0) is 0 Å². The van der Waals surface area contributed by atoms with E-state index in [-0.39, 0.29) is 17.9 Å². The van der Waals surface area contributed by atoms with Crippen LogP contribution in [0.25, 0.3) is 0 Å². The molecule has 104 valence electrons. The minimum atomic E-state index is 0.0196. The number of amidine groups is 1. The fraction of sp³-hybridized carbons (Fsp3) is 0.833. The molecule has 0 aliphatic carbocycles. The third-order valence-electron chi connectivity index (χ3n) is 3.57. The SMILES string of the molecule is CCC(C(=N)N)N1CCN(C(=O)N(C)CC)CC1. The van der Waals surface area contributed by atoms with E-state index in [9.17, 15) is 4.79 Å². The zero-order chi connectivity index (χ0) is 13.7. The van der Waals surface area contributed by atoms with E-state index in [0.29, 0.717) is 13.1 Å². The number of nitrogens with zero attached hydrogens (tertiary/aromatic N) is 3. The monoisotopic (exact) mass is 255 g/mol. The summed E-state index contributed by atoms with van der Waals surface area (Å²) in [5.74, 6) is 0.225. The fourth-order valence-corrected chi connectivity index (χ4v) is 2.28. The summed E-state index contributed by atoms with van der Waals surface area (Å²) in [5.41, 5.74) is 5.60. The highest BCUT2D eigenvalue weighted by molar-refractivity contribution is 5.82. The van der Waals surface area contributed by atoms with Crippen LogP contribution in [0.1, 0.15) is 20.3 Å². The number of rotatable bonds is 4. The van der Waals surface area contributed by atoms with E-state index in [2.05, 4.69) is 4.90 Å². The van der Waals surface area contributed by atoms with E-state index in [4.69, 9.17) is 11.1 Å². The quantitative estimate of drug-likeness (QED) is 0.563. The minimum absolute atomic E-state index is 0.0196. The Bertz CT molecular complexity index is 299. The average molecular weight is 255 g/mol. The van der Waals surface area contributed by atoms with E-state index in [0.717, 1.165) is 26.1 Å². The number of hydrogen-bond acceptors (Lipinski definition) is 3. The molecule has 1 rings (SSSR count). The van der Waals surface area contributed by atoms with Gasteiger partial charge < -0.3 is 15.5 Å². The normalized spacial score (nSPS) is 18.5. The lowest BCUT2D eigenvalue weighted by atomic mass is 10.1. The highest BCUT2D eigenvalue weighted by atomic mass is 16.2. The lowest BCUT2D eigenvalue weighted by molar-refractivity contribution is 0.109. The summed E-state index contributed by atoms with van der Waals surface area (Å²) in [6.45, 7) is 7.75. The molecule has 6 nitrogen and oxygen atoms in total. The molecule has 0 saturated carbocycles.